The highest BCUT2D eigenvalue weighted by Crippen LogP contribution is 2.44. The van der Waals surface area contributed by atoms with Gasteiger partial charge in [-0.25, -0.2) is 24.5 Å². The van der Waals surface area contributed by atoms with Crippen LogP contribution in [0.3, 0.4) is 0 Å². The van der Waals surface area contributed by atoms with Gasteiger partial charge in [-0.1, -0.05) is 33.7 Å². The van der Waals surface area contributed by atoms with E-state index in [1.54, 1.807) is 70.3 Å². The van der Waals surface area contributed by atoms with E-state index >= 15 is 0 Å². The number of ether oxygens (including phenoxy) is 6. The molecule has 0 radical (unpaired) electrons. The van der Waals surface area contributed by atoms with Gasteiger partial charge in [0.1, 0.15) is 49.1 Å². The summed E-state index contributed by atoms with van der Waals surface area (Å²) in [6.45, 7) is 5.88. The molecule has 1 fully saturated rings. The van der Waals surface area contributed by atoms with Crippen LogP contribution in [-0.2, 0) is 51.0 Å². The zero-order valence-electron chi connectivity index (χ0n) is 45.8. The molecule has 2 amide bonds. The van der Waals surface area contributed by atoms with Crippen LogP contribution in [0.2, 0.25) is 0 Å². The number of amides is 2. The average molecular weight is 1170 g/mol. The van der Waals surface area contributed by atoms with Gasteiger partial charge in [-0.05, 0) is 87.7 Å². The van der Waals surface area contributed by atoms with Crippen molar-refractivity contribution in [3.05, 3.63) is 122 Å². The lowest BCUT2D eigenvalue weighted by molar-refractivity contribution is -0.249. The van der Waals surface area contributed by atoms with Crippen molar-refractivity contribution in [1.82, 2.24) is 30.6 Å². The first-order valence-corrected chi connectivity index (χ1v) is 28.8. The largest absolute Gasteiger partial charge is 0.496 e. The predicted molar refractivity (Wildman–Crippen MR) is 298 cm³/mol. The van der Waals surface area contributed by atoms with Gasteiger partial charge in [-0.3, -0.25) is 28.8 Å². The zero-order valence-corrected chi connectivity index (χ0v) is 47.4. The summed E-state index contributed by atoms with van der Waals surface area (Å²) in [5.74, 6) is -2.29. The fraction of sp³-hybridized carbons (Fsp3) is 0.446. The summed E-state index contributed by atoms with van der Waals surface area (Å²) in [6.07, 6.45) is -5.09. The number of hydrogen-bond donors (Lipinski definition) is 6. The fourth-order valence-corrected chi connectivity index (χ4v) is 11.4. The van der Waals surface area contributed by atoms with Gasteiger partial charge >= 0.3 is 18.0 Å². The van der Waals surface area contributed by atoms with Crippen LogP contribution in [0.25, 0.3) is 11.2 Å². The number of alkyl carbamates (subject to hydrolysis) is 1. The molecule has 3 aliphatic rings. The lowest BCUT2D eigenvalue weighted by Gasteiger charge is -2.42. The minimum Gasteiger partial charge on any atom is -0.496 e. The molecular weight excluding hydrogens is 1110 g/mol. The zero-order chi connectivity index (χ0) is 59.0. The van der Waals surface area contributed by atoms with Crippen LogP contribution in [0.5, 0.6) is 5.75 Å². The highest BCUT2D eigenvalue weighted by molar-refractivity contribution is 8.76. The second-order valence-electron chi connectivity index (χ2n) is 20.1. The van der Waals surface area contributed by atoms with Crippen molar-refractivity contribution in [3.63, 3.8) is 0 Å². The normalized spacial score (nSPS) is 20.4. The number of nitrogens with one attached hydrogen (secondary N) is 3. The van der Waals surface area contributed by atoms with Gasteiger partial charge < -0.3 is 64.3 Å². The molecule has 7 atom stereocenters. The number of benzene rings is 3. The van der Waals surface area contributed by atoms with Crippen molar-refractivity contribution in [3.8, 4) is 5.75 Å². The van der Waals surface area contributed by atoms with Crippen LogP contribution in [0, 0.1) is 6.92 Å². The Morgan fingerprint density at radius 1 is 0.963 bits per heavy atom. The van der Waals surface area contributed by atoms with Gasteiger partial charge in [0, 0.05) is 72.2 Å². The number of aromatic nitrogens is 4. The minimum atomic E-state index is -2.11. The summed E-state index contributed by atoms with van der Waals surface area (Å²) < 4.78 is 33.9. The van der Waals surface area contributed by atoms with Crippen molar-refractivity contribution >= 4 is 79.7 Å². The Hall–Kier alpha value is -7.33. The predicted octanol–water partition coefficient (Wildman–Crippen LogP) is 3.78. The molecule has 5 aromatic rings. The topological polar surface area (TPSA) is 334 Å². The van der Waals surface area contributed by atoms with E-state index in [0.29, 0.717) is 40.7 Å². The van der Waals surface area contributed by atoms with E-state index in [9.17, 15) is 53.7 Å². The number of Topliss-reactive ketones (excluding diaryl/α,β-unsaturated/α-hetero) is 1. The molecule has 0 bridgehead atoms. The highest BCUT2D eigenvalue weighted by Gasteiger charge is 2.47. The number of carbonyl (C=O) groups is 7. The number of carbonyl (C=O) groups excluding carboxylic acids is 7. The fourth-order valence-electron chi connectivity index (χ4n) is 9.79. The van der Waals surface area contributed by atoms with Crippen molar-refractivity contribution in [1.29, 1.82) is 0 Å². The number of fused-ring (bicyclic) bond motifs is 4. The highest BCUT2D eigenvalue weighted by atomic mass is 33.1. The minimum absolute atomic E-state index is 0.0268. The van der Waals surface area contributed by atoms with E-state index in [2.05, 4.69) is 30.6 Å². The molecule has 0 unspecified atom stereocenters. The van der Waals surface area contributed by atoms with Crippen LogP contribution < -0.4 is 25.8 Å². The summed E-state index contributed by atoms with van der Waals surface area (Å²) in [7, 11) is 5.90. The van der Waals surface area contributed by atoms with Gasteiger partial charge in [-0.15, -0.1) is 0 Å². The Morgan fingerprint density at radius 3 is 2.39 bits per heavy atom. The van der Waals surface area contributed by atoms with Crippen molar-refractivity contribution in [2.75, 3.05) is 50.4 Å². The van der Waals surface area contributed by atoms with Crippen molar-refractivity contribution in [2.24, 2.45) is 0 Å². The molecule has 26 heteroatoms. The Morgan fingerprint density at radius 2 is 1.68 bits per heavy atom. The molecule has 0 saturated carbocycles. The van der Waals surface area contributed by atoms with E-state index in [1.807, 2.05) is 11.9 Å². The maximum Gasteiger partial charge on any atom is 0.407 e. The standard InChI is InChI=1S/C56H63N7O17S2/c1-28(2)78-54(72)39(61-52(70)31-10-12-34(13-11-31)63(5)26-33-25-57-51-47(60-33)53(71)59-30(4)58-51)14-15-44(66)76-16-18-81-82-19-17-77-55(73)62-40-22-45(79-29(3)48(40)67)80-42-24-56(74,43(65)27-64)23-32-20-37-38(21-36(32)42)50(69)46-35(49(37)68)8-7-9-41(46)75-6/h7-13,20-21,25,28-29,39-40,42,45,48,64,67,74H,14-19,22-24,26-27H2,1-6H3,(H,61,70)(H,62,73)(H,57,58,59,71)/t29-,39+,40+,42-,45-,48+,56-/m0/s1. The molecule has 1 saturated heterocycles. The molecule has 6 N–H and O–H groups in total. The maximum absolute atomic E-state index is 13.9. The number of anilines is 1. The monoisotopic (exact) mass is 1170 g/mol. The summed E-state index contributed by atoms with van der Waals surface area (Å²) in [4.78, 5) is 123. The molecule has 436 valence electrons. The van der Waals surface area contributed by atoms with Crippen LogP contribution in [0.1, 0.15) is 117 Å². The molecule has 24 nitrogen and oxygen atoms in total. The van der Waals surface area contributed by atoms with E-state index in [4.69, 9.17) is 28.4 Å². The number of aliphatic hydroxyl groups excluding tert-OH is 2. The number of methoxy groups -OCH3 is 1. The number of H-pyrrole nitrogens is 1. The van der Waals surface area contributed by atoms with Gasteiger partial charge in [0.15, 0.2) is 34.8 Å². The Balaban J connectivity index is 0.762. The summed E-state index contributed by atoms with van der Waals surface area (Å²) in [6, 6.07) is 12.2. The third-order valence-electron chi connectivity index (χ3n) is 13.9. The van der Waals surface area contributed by atoms with E-state index in [1.165, 1.54) is 46.9 Å². The number of rotatable bonds is 23. The first-order chi connectivity index (χ1) is 39.2. The van der Waals surface area contributed by atoms with E-state index in [-0.39, 0.29) is 95.6 Å². The number of esters is 2. The quantitative estimate of drug-likeness (QED) is 0.0230. The Bertz CT molecular complexity index is 3310. The number of hydrogen-bond acceptors (Lipinski definition) is 23. The molecule has 1 aliphatic heterocycles. The van der Waals surface area contributed by atoms with Crippen molar-refractivity contribution in [2.45, 2.75) is 115 Å². The lowest BCUT2D eigenvalue weighted by atomic mass is 9.73. The molecule has 8 rings (SSSR count). The average Bonchev–Trinajstić information content (AvgIpc) is 1.50. The molecule has 82 heavy (non-hydrogen) atoms. The summed E-state index contributed by atoms with van der Waals surface area (Å²) >= 11 is 0. The summed E-state index contributed by atoms with van der Waals surface area (Å²) in [5, 5.41) is 37.8. The van der Waals surface area contributed by atoms with Gasteiger partial charge in [0.25, 0.3) is 11.5 Å². The molecule has 0 spiro atoms. The second kappa shape index (κ2) is 26.7. The van der Waals surface area contributed by atoms with Crippen LogP contribution in [0.4, 0.5) is 10.5 Å². The van der Waals surface area contributed by atoms with Crippen molar-refractivity contribution < 1.29 is 77.3 Å². The second-order valence-corrected chi connectivity index (χ2v) is 22.8. The maximum atomic E-state index is 13.9. The lowest BCUT2D eigenvalue weighted by Crippen LogP contribution is -2.56. The number of aryl methyl sites for hydroxylation is 1. The third kappa shape index (κ3) is 14.3. The van der Waals surface area contributed by atoms with E-state index < -0.39 is 96.3 Å². The number of aliphatic hydroxyl groups is 3. The Kier molecular flexibility index (Phi) is 19.8. The Labute approximate surface area is 478 Å². The molecule has 2 aromatic heterocycles. The molecule has 3 heterocycles. The first kappa shape index (κ1) is 60.8. The first-order valence-electron chi connectivity index (χ1n) is 26.3. The van der Waals surface area contributed by atoms with Crippen LogP contribution in [0.15, 0.2) is 65.6 Å². The van der Waals surface area contributed by atoms with Gasteiger partial charge in [-0.2, -0.15) is 0 Å². The van der Waals surface area contributed by atoms with Crippen LogP contribution in [-0.4, -0.2) is 164 Å². The SMILES string of the molecule is COc1cccc2c1C(=O)c1cc3c(cc1C2=O)C[C@@](O)(C(=O)CO)C[C@@H]3O[C@H]1C[C@@H](NC(=O)OCCSSCCOC(=O)CC[C@@H](NC(=O)c2ccc(N(C)Cc3cnc4nc(C)[nH]c(=O)c4n3)cc2)C(=O)OC(C)C)[C@H](O)[C@H](C)O1. The molecular formula is C56H63N7O17S2. The smallest absolute Gasteiger partial charge is 0.407 e. The van der Waals surface area contributed by atoms with Crippen LogP contribution >= 0.6 is 21.6 Å². The number of nitrogens with zero attached hydrogens (tertiary/aromatic N) is 4. The number of aromatic amines is 1. The third-order valence-corrected chi connectivity index (χ3v) is 16.2. The molecule has 3 aromatic carbocycles. The molecule has 2 aliphatic carbocycles. The van der Waals surface area contributed by atoms with Gasteiger partial charge in [0.2, 0.25) is 0 Å². The number of ketones is 3. The van der Waals surface area contributed by atoms with E-state index in [0.717, 1.165) is 5.69 Å². The van der Waals surface area contributed by atoms with Gasteiger partial charge in [0.05, 0.1) is 55.5 Å². The summed E-state index contributed by atoms with van der Waals surface area (Å²) in [5.41, 5.74) is 0.507.